The minimum absolute atomic E-state index is 0.158. The van der Waals surface area contributed by atoms with Crippen molar-refractivity contribution in [1.29, 1.82) is 0 Å². The van der Waals surface area contributed by atoms with E-state index in [1.54, 1.807) is 25.1 Å². The van der Waals surface area contributed by atoms with Gasteiger partial charge in [-0.3, -0.25) is 0 Å². The van der Waals surface area contributed by atoms with Gasteiger partial charge in [0.25, 0.3) is 0 Å². The van der Waals surface area contributed by atoms with Crippen LogP contribution in [0.5, 0.6) is 0 Å². The second-order valence-electron chi connectivity index (χ2n) is 10.8. The van der Waals surface area contributed by atoms with Crippen LogP contribution in [0.2, 0.25) is 5.02 Å². The van der Waals surface area contributed by atoms with Crippen LogP contribution in [0.15, 0.2) is 60.7 Å². The Hall–Kier alpha value is -2.77. The van der Waals surface area contributed by atoms with E-state index in [1.165, 1.54) is 6.07 Å². The van der Waals surface area contributed by atoms with E-state index in [2.05, 4.69) is 5.32 Å². The summed E-state index contributed by atoms with van der Waals surface area (Å²) in [6.07, 6.45) is 1.65. The molecule has 3 N–H and O–H groups in total. The first-order chi connectivity index (χ1) is 18.0. The number of halogens is 2. The summed E-state index contributed by atoms with van der Waals surface area (Å²) < 4.78 is 20.6. The first kappa shape index (κ1) is 28.2. The molecule has 2 atom stereocenters. The standard InChI is InChI=1S/C31H35ClFNO4/c1-19-14-21(11-13-25(19)30(36)37)26-6-4-5-7-27(26)29(20-8-9-20)38-18-24(35)17-34-31(2,3)16-22-10-12-23(32)15-28(22)33/h4-7,10-15,20,24,29,34-35H,8-9,16-18H2,1-3H3,(H,36,37). The zero-order valence-corrected chi connectivity index (χ0v) is 22.8. The lowest BCUT2D eigenvalue weighted by molar-refractivity contribution is -0.0209. The Morgan fingerprint density at radius 3 is 2.55 bits per heavy atom. The van der Waals surface area contributed by atoms with Crippen molar-refractivity contribution in [2.24, 2.45) is 5.92 Å². The van der Waals surface area contributed by atoms with Gasteiger partial charge in [0.1, 0.15) is 5.82 Å². The van der Waals surface area contributed by atoms with Gasteiger partial charge in [0.15, 0.2) is 0 Å². The Labute approximate surface area is 228 Å². The van der Waals surface area contributed by atoms with E-state index in [-0.39, 0.29) is 18.5 Å². The van der Waals surface area contributed by atoms with E-state index >= 15 is 0 Å². The highest BCUT2D eigenvalue weighted by Gasteiger charge is 2.35. The lowest BCUT2D eigenvalue weighted by Crippen LogP contribution is -2.46. The first-order valence-electron chi connectivity index (χ1n) is 13.0. The van der Waals surface area contributed by atoms with Gasteiger partial charge in [-0.2, -0.15) is 0 Å². The van der Waals surface area contributed by atoms with Crippen LogP contribution in [0, 0.1) is 18.7 Å². The van der Waals surface area contributed by atoms with Crippen molar-refractivity contribution < 1.29 is 24.1 Å². The van der Waals surface area contributed by atoms with Crippen molar-refractivity contribution in [3.63, 3.8) is 0 Å². The maximum Gasteiger partial charge on any atom is 0.335 e. The molecule has 4 rings (SSSR count). The molecule has 1 fully saturated rings. The average Bonchev–Trinajstić information content (AvgIpc) is 3.70. The fraction of sp³-hybridized carbons (Fsp3) is 0.387. The summed E-state index contributed by atoms with van der Waals surface area (Å²) in [4.78, 5) is 11.5. The molecule has 1 aliphatic rings. The van der Waals surface area contributed by atoms with Gasteiger partial charge in [-0.05, 0) is 92.0 Å². The number of aryl methyl sites for hydroxylation is 1. The third-order valence-electron chi connectivity index (χ3n) is 7.02. The number of carboxylic acids is 1. The molecule has 0 saturated heterocycles. The number of rotatable bonds is 12. The van der Waals surface area contributed by atoms with Gasteiger partial charge in [-0.1, -0.05) is 54.1 Å². The van der Waals surface area contributed by atoms with Gasteiger partial charge in [-0.15, -0.1) is 0 Å². The molecule has 0 amide bonds. The monoisotopic (exact) mass is 539 g/mol. The molecule has 0 aromatic heterocycles. The predicted octanol–water partition coefficient (Wildman–Crippen LogP) is 6.59. The lowest BCUT2D eigenvalue weighted by Gasteiger charge is -2.29. The third kappa shape index (κ3) is 7.20. The van der Waals surface area contributed by atoms with Crippen molar-refractivity contribution in [3.8, 4) is 11.1 Å². The average molecular weight is 540 g/mol. The van der Waals surface area contributed by atoms with Gasteiger partial charge < -0.3 is 20.3 Å². The Balaban J connectivity index is 1.41. The van der Waals surface area contributed by atoms with Crippen molar-refractivity contribution in [2.45, 2.75) is 57.8 Å². The molecule has 7 heteroatoms. The summed E-state index contributed by atoms with van der Waals surface area (Å²) in [6.45, 7) is 6.20. The van der Waals surface area contributed by atoms with Crippen LogP contribution >= 0.6 is 11.6 Å². The normalized spacial score (nSPS) is 15.3. The van der Waals surface area contributed by atoms with Gasteiger partial charge in [0, 0.05) is 17.1 Å². The molecule has 3 aromatic rings. The maximum atomic E-state index is 14.3. The zero-order chi connectivity index (χ0) is 27.4. The van der Waals surface area contributed by atoms with Crippen LogP contribution in [0.4, 0.5) is 4.39 Å². The predicted molar refractivity (Wildman–Crippen MR) is 148 cm³/mol. The molecule has 0 spiro atoms. The van der Waals surface area contributed by atoms with Crippen LogP contribution in [0.3, 0.4) is 0 Å². The minimum Gasteiger partial charge on any atom is -0.478 e. The van der Waals surface area contributed by atoms with Crippen molar-refractivity contribution in [2.75, 3.05) is 13.2 Å². The molecule has 1 saturated carbocycles. The fourth-order valence-electron chi connectivity index (χ4n) is 4.83. The lowest BCUT2D eigenvalue weighted by atomic mass is 9.92. The number of benzene rings is 3. The summed E-state index contributed by atoms with van der Waals surface area (Å²) in [6, 6.07) is 18.1. The number of aromatic carboxylic acids is 1. The van der Waals surface area contributed by atoms with Gasteiger partial charge in [0.05, 0.1) is 24.4 Å². The zero-order valence-electron chi connectivity index (χ0n) is 22.0. The van der Waals surface area contributed by atoms with E-state index in [0.717, 1.165) is 29.5 Å². The topological polar surface area (TPSA) is 78.8 Å². The molecule has 38 heavy (non-hydrogen) atoms. The number of β-amino-alcohol motifs (C(OH)–C–C–N with tert-alkyl or cyclic N) is 1. The highest BCUT2D eigenvalue weighted by Crippen LogP contribution is 2.46. The van der Waals surface area contributed by atoms with E-state index in [1.807, 2.05) is 50.2 Å². The number of nitrogens with one attached hydrogen (secondary N) is 1. The van der Waals surface area contributed by atoms with E-state index < -0.39 is 17.6 Å². The molecule has 0 heterocycles. The smallest absolute Gasteiger partial charge is 0.335 e. The molecular formula is C31H35ClFNO4. The Kier molecular flexibility index (Phi) is 8.89. The number of aliphatic hydroxyl groups is 1. The highest BCUT2D eigenvalue weighted by atomic mass is 35.5. The Morgan fingerprint density at radius 2 is 1.89 bits per heavy atom. The molecule has 2 unspecified atom stereocenters. The summed E-state index contributed by atoms with van der Waals surface area (Å²) in [5, 5.41) is 23.8. The van der Waals surface area contributed by atoms with Crippen LogP contribution in [0.25, 0.3) is 11.1 Å². The van der Waals surface area contributed by atoms with Crippen LogP contribution in [-0.2, 0) is 11.2 Å². The van der Waals surface area contributed by atoms with Crippen LogP contribution in [0.1, 0.15) is 59.8 Å². The summed E-state index contributed by atoms with van der Waals surface area (Å²) in [5.41, 5.74) is 4.10. The van der Waals surface area contributed by atoms with Gasteiger partial charge in [-0.25, -0.2) is 9.18 Å². The van der Waals surface area contributed by atoms with Crippen molar-refractivity contribution in [1.82, 2.24) is 5.32 Å². The first-order valence-corrected chi connectivity index (χ1v) is 13.3. The summed E-state index contributed by atoms with van der Waals surface area (Å²) in [7, 11) is 0. The minimum atomic E-state index is -0.939. The van der Waals surface area contributed by atoms with Crippen molar-refractivity contribution >= 4 is 17.6 Å². The van der Waals surface area contributed by atoms with Gasteiger partial charge >= 0.3 is 5.97 Å². The summed E-state index contributed by atoms with van der Waals surface area (Å²) >= 11 is 5.87. The number of hydrogen-bond acceptors (Lipinski definition) is 4. The van der Waals surface area contributed by atoms with E-state index in [0.29, 0.717) is 40.6 Å². The SMILES string of the molecule is Cc1cc(-c2ccccc2C(OCC(O)CNC(C)(C)Cc2ccc(Cl)cc2F)C2CC2)ccc1C(=O)O. The molecule has 0 aliphatic heterocycles. The molecule has 202 valence electrons. The van der Waals surface area contributed by atoms with Crippen molar-refractivity contribution in [3.05, 3.63) is 93.8 Å². The second-order valence-corrected chi connectivity index (χ2v) is 11.3. The maximum absolute atomic E-state index is 14.3. The highest BCUT2D eigenvalue weighted by molar-refractivity contribution is 6.30. The Bertz CT molecular complexity index is 1290. The van der Waals surface area contributed by atoms with Crippen LogP contribution < -0.4 is 5.32 Å². The number of carbonyl (C=O) groups is 1. The number of carboxylic acid groups (broad SMARTS) is 1. The quantitative estimate of drug-likeness (QED) is 0.242. The van der Waals surface area contributed by atoms with Gasteiger partial charge in [0.2, 0.25) is 0 Å². The van der Waals surface area contributed by atoms with E-state index in [9.17, 15) is 19.4 Å². The molecule has 0 radical (unpaired) electrons. The third-order valence-corrected chi connectivity index (χ3v) is 7.25. The van der Waals surface area contributed by atoms with E-state index in [4.69, 9.17) is 16.3 Å². The van der Waals surface area contributed by atoms with Crippen LogP contribution in [-0.4, -0.2) is 41.0 Å². The molecule has 5 nitrogen and oxygen atoms in total. The largest absolute Gasteiger partial charge is 0.478 e. The molecule has 3 aromatic carbocycles. The Morgan fingerprint density at radius 1 is 1.16 bits per heavy atom. The number of ether oxygens (including phenoxy) is 1. The number of hydrogen-bond donors (Lipinski definition) is 3. The molecule has 0 bridgehead atoms. The fourth-order valence-corrected chi connectivity index (χ4v) is 4.99. The summed E-state index contributed by atoms with van der Waals surface area (Å²) in [5.74, 6) is -0.902. The molecule has 1 aliphatic carbocycles. The molecular weight excluding hydrogens is 505 g/mol. The second kappa shape index (κ2) is 12.0. The number of aliphatic hydroxyl groups excluding tert-OH is 1.